The summed E-state index contributed by atoms with van der Waals surface area (Å²) in [7, 11) is 0. The van der Waals surface area contributed by atoms with Gasteiger partial charge in [0.2, 0.25) is 0 Å². The minimum absolute atomic E-state index is 0.564. The molecule has 110 valence electrons. The zero-order chi connectivity index (χ0) is 14.9. The summed E-state index contributed by atoms with van der Waals surface area (Å²) in [5.41, 5.74) is 5.42. The van der Waals surface area contributed by atoms with Gasteiger partial charge in [-0.15, -0.1) is 0 Å². The monoisotopic (exact) mass is 292 g/mol. The molecule has 1 aliphatic heterocycles. The Labute approximate surface area is 121 Å². The highest BCUT2D eigenvalue weighted by molar-refractivity contribution is 5.42. The van der Waals surface area contributed by atoms with Gasteiger partial charge in [0.1, 0.15) is 0 Å². The van der Waals surface area contributed by atoms with Crippen molar-refractivity contribution in [1.82, 2.24) is 5.01 Å². The van der Waals surface area contributed by atoms with E-state index in [0.717, 1.165) is 22.9 Å². The van der Waals surface area contributed by atoms with E-state index in [0.29, 0.717) is 19.5 Å². The van der Waals surface area contributed by atoms with Crippen molar-refractivity contribution in [2.24, 2.45) is 0 Å². The van der Waals surface area contributed by atoms with Crippen molar-refractivity contribution in [2.45, 2.75) is 19.1 Å². The van der Waals surface area contributed by atoms with Gasteiger partial charge in [0, 0.05) is 18.8 Å². The molecule has 2 aromatic rings. The number of hydrogen-bond donors (Lipinski definition) is 1. The lowest BCUT2D eigenvalue weighted by Crippen LogP contribution is -2.35. The fraction of sp³-hybridized carbons (Fsp3) is 0.250. The lowest BCUT2D eigenvalue weighted by atomic mass is 9.98. The number of hydrogen-bond acceptors (Lipinski definition) is 2. The Balaban J connectivity index is 1.74. The van der Waals surface area contributed by atoms with Gasteiger partial charge in [0.25, 0.3) is 0 Å². The Bertz CT molecular complexity index is 623. The predicted molar refractivity (Wildman–Crippen MR) is 75.6 cm³/mol. The van der Waals surface area contributed by atoms with E-state index in [1.165, 1.54) is 6.07 Å². The second-order valence-corrected chi connectivity index (χ2v) is 5.13. The minimum Gasteiger partial charge on any atom is -0.319 e. The van der Waals surface area contributed by atoms with E-state index in [1.54, 1.807) is 6.07 Å². The van der Waals surface area contributed by atoms with Crippen LogP contribution in [0.25, 0.3) is 0 Å². The molecule has 0 radical (unpaired) electrons. The van der Waals surface area contributed by atoms with Gasteiger partial charge < -0.3 is 5.43 Å². The number of rotatable bonds is 2. The summed E-state index contributed by atoms with van der Waals surface area (Å²) in [4.78, 5) is 0. The van der Waals surface area contributed by atoms with Gasteiger partial charge in [-0.3, -0.25) is 0 Å². The molecule has 5 heteroatoms. The second kappa shape index (κ2) is 5.41. The molecular weight excluding hydrogens is 277 g/mol. The molecule has 0 unspecified atom stereocenters. The van der Waals surface area contributed by atoms with Crippen molar-refractivity contribution in [3.8, 4) is 0 Å². The van der Waals surface area contributed by atoms with E-state index < -0.39 is 11.7 Å². The van der Waals surface area contributed by atoms with Crippen LogP contribution >= 0.6 is 0 Å². The maximum atomic E-state index is 12.7. The highest BCUT2D eigenvalue weighted by atomic mass is 19.4. The van der Waals surface area contributed by atoms with Crippen LogP contribution in [0.4, 0.5) is 18.9 Å². The smallest absolute Gasteiger partial charge is 0.319 e. The average molecular weight is 292 g/mol. The number of nitrogens with one attached hydrogen (secondary N) is 1. The van der Waals surface area contributed by atoms with Crippen LogP contribution in [0, 0.1) is 0 Å². The van der Waals surface area contributed by atoms with Crippen molar-refractivity contribution < 1.29 is 13.2 Å². The van der Waals surface area contributed by atoms with Crippen LogP contribution in [0.2, 0.25) is 0 Å². The summed E-state index contributed by atoms with van der Waals surface area (Å²) in [6.45, 7) is 1.28. The zero-order valence-electron chi connectivity index (χ0n) is 11.3. The topological polar surface area (TPSA) is 15.3 Å². The van der Waals surface area contributed by atoms with Gasteiger partial charge in [-0.1, -0.05) is 24.3 Å². The molecule has 0 aliphatic carbocycles. The lowest BCUT2D eigenvalue weighted by molar-refractivity contribution is -0.137. The second-order valence-electron chi connectivity index (χ2n) is 5.13. The first kappa shape index (κ1) is 13.9. The first-order valence-electron chi connectivity index (χ1n) is 6.78. The molecule has 2 nitrogen and oxygen atoms in total. The standard InChI is InChI=1S/C16H15F3N2/c17-16(18,19)14-7-6-13-11-21(9-8-12(13)10-14)20-15-4-2-1-3-5-15/h1-7,10,20H,8-9,11H2. The van der Waals surface area contributed by atoms with E-state index in [2.05, 4.69) is 5.43 Å². The molecule has 1 aliphatic rings. The van der Waals surface area contributed by atoms with Crippen LogP contribution in [-0.4, -0.2) is 11.6 Å². The van der Waals surface area contributed by atoms with Crippen LogP contribution in [0.3, 0.4) is 0 Å². The highest BCUT2D eigenvalue weighted by Gasteiger charge is 2.31. The molecule has 0 amide bonds. The van der Waals surface area contributed by atoms with Crippen LogP contribution in [0.15, 0.2) is 48.5 Å². The van der Waals surface area contributed by atoms with E-state index in [1.807, 2.05) is 35.3 Å². The summed E-state index contributed by atoms with van der Waals surface area (Å²) >= 11 is 0. The van der Waals surface area contributed by atoms with Crippen molar-refractivity contribution in [2.75, 3.05) is 12.0 Å². The average Bonchev–Trinajstić information content (AvgIpc) is 2.47. The highest BCUT2D eigenvalue weighted by Crippen LogP contribution is 2.32. The van der Waals surface area contributed by atoms with Crippen LogP contribution in [-0.2, 0) is 19.1 Å². The summed E-state index contributed by atoms with van der Waals surface area (Å²) in [5.74, 6) is 0. The Morgan fingerprint density at radius 2 is 1.71 bits per heavy atom. The Morgan fingerprint density at radius 1 is 0.952 bits per heavy atom. The normalized spacial score (nSPS) is 15.6. The summed E-state index contributed by atoms with van der Waals surface area (Å²) in [5, 5.41) is 2.02. The van der Waals surface area contributed by atoms with Crippen molar-refractivity contribution in [1.29, 1.82) is 0 Å². The van der Waals surface area contributed by atoms with Crippen molar-refractivity contribution in [3.05, 3.63) is 65.2 Å². The fourth-order valence-corrected chi connectivity index (χ4v) is 2.52. The molecule has 21 heavy (non-hydrogen) atoms. The molecule has 0 saturated heterocycles. The molecule has 2 aromatic carbocycles. The number of benzene rings is 2. The van der Waals surface area contributed by atoms with Gasteiger partial charge >= 0.3 is 6.18 Å². The van der Waals surface area contributed by atoms with E-state index in [-0.39, 0.29) is 0 Å². The van der Waals surface area contributed by atoms with Gasteiger partial charge in [0.15, 0.2) is 0 Å². The zero-order valence-corrected chi connectivity index (χ0v) is 11.3. The Morgan fingerprint density at radius 3 is 2.43 bits per heavy atom. The van der Waals surface area contributed by atoms with Crippen LogP contribution in [0.1, 0.15) is 16.7 Å². The quantitative estimate of drug-likeness (QED) is 0.897. The Hall–Kier alpha value is -2.01. The molecule has 3 rings (SSSR count). The van der Waals surface area contributed by atoms with Gasteiger partial charge in [0.05, 0.1) is 5.56 Å². The lowest BCUT2D eigenvalue weighted by Gasteiger charge is -2.30. The first-order chi connectivity index (χ1) is 10.0. The molecule has 0 saturated carbocycles. The number of anilines is 1. The Kier molecular flexibility index (Phi) is 3.59. The van der Waals surface area contributed by atoms with E-state index >= 15 is 0 Å². The minimum atomic E-state index is -4.27. The third kappa shape index (κ3) is 3.19. The van der Waals surface area contributed by atoms with Gasteiger partial charge in [-0.05, 0) is 41.8 Å². The molecule has 0 fully saturated rings. The number of nitrogens with zero attached hydrogens (tertiary/aromatic N) is 1. The third-order valence-corrected chi connectivity index (χ3v) is 3.61. The number of fused-ring (bicyclic) bond motifs is 1. The maximum absolute atomic E-state index is 12.7. The first-order valence-corrected chi connectivity index (χ1v) is 6.78. The number of hydrazine groups is 1. The predicted octanol–water partition coefficient (Wildman–Crippen LogP) is 4.09. The molecule has 0 spiro atoms. The molecule has 0 bridgehead atoms. The molecule has 1 heterocycles. The summed E-state index contributed by atoms with van der Waals surface area (Å²) in [6, 6.07) is 13.8. The largest absolute Gasteiger partial charge is 0.416 e. The SMILES string of the molecule is FC(F)(F)c1ccc2c(c1)CCN(Nc1ccccc1)C2. The molecule has 0 aromatic heterocycles. The van der Waals surface area contributed by atoms with Gasteiger partial charge in [-0.2, -0.15) is 13.2 Å². The summed E-state index contributed by atoms with van der Waals surface area (Å²) < 4.78 is 38.1. The molecule has 0 atom stereocenters. The maximum Gasteiger partial charge on any atom is 0.416 e. The summed E-state index contributed by atoms with van der Waals surface area (Å²) in [6.07, 6.45) is -3.66. The van der Waals surface area contributed by atoms with Crippen LogP contribution in [0.5, 0.6) is 0 Å². The number of para-hydroxylation sites is 1. The molecular formula is C16H15F3N2. The van der Waals surface area contributed by atoms with E-state index in [4.69, 9.17) is 0 Å². The van der Waals surface area contributed by atoms with E-state index in [9.17, 15) is 13.2 Å². The number of alkyl halides is 3. The fourth-order valence-electron chi connectivity index (χ4n) is 2.52. The third-order valence-electron chi connectivity index (χ3n) is 3.61. The van der Waals surface area contributed by atoms with Gasteiger partial charge in [-0.25, -0.2) is 5.01 Å². The molecule has 1 N–H and O–H groups in total. The van der Waals surface area contributed by atoms with Crippen molar-refractivity contribution in [3.63, 3.8) is 0 Å². The number of halogens is 3. The van der Waals surface area contributed by atoms with Crippen molar-refractivity contribution >= 4 is 5.69 Å². The van der Waals surface area contributed by atoms with Crippen LogP contribution < -0.4 is 5.43 Å².